The fraction of sp³-hybridized carbons (Fsp3) is 0.714. The number of rotatable bonds is 2. The van der Waals surface area contributed by atoms with Crippen molar-refractivity contribution in [2.75, 3.05) is 13.1 Å². The Morgan fingerprint density at radius 1 is 1.17 bits per heavy atom. The van der Waals surface area contributed by atoms with Crippen LogP contribution < -0.4 is 10.9 Å². The summed E-state index contributed by atoms with van der Waals surface area (Å²) in [6.45, 7) is 2.24. The second-order valence-electron chi connectivity index (χ2n) is 5.58. The number of nitrogens with zero attached hydrogens (tertiary/aromatic N) is 1. The lowest BCUT2D eigenvalue weighted by molar-refractivity contribution is 0.371. The molecule has 1 aromatic rings. The summed E-state index contributed by atoms with van der Waals surface area (Å²) in [6.07, 6.45) is 7.88. The van der Waals surface area contributed by atoms with E-state index < -0.39 is 0 Å². The zero-order valence-electron chi connectivity index (χ0n) is 10.8. The highest BCUT2D eigenvalue weighted by atomic mass is 16.1. The van der Waals surface area contributed by atoms with Crippen LogP contribution in [0.4, 0.5) is 0 Å². The SMILES string of the molecule is O=c1[nH]nc(CC2CCCNC2)c2c1CCCC2. The van der Waals surface area contributed by atoms with E-state index in [1.54, 1.807) is 0 Å². The molecule has 0 saturated carbocycles. The number of hydrogen-bond acceptors (Lipinski definition) is 3. The van der Waals surface area contributed by atoms with E-state index in [1.807, 2.05) is 0 Å². The molecule has 0 aromatic carbocycles. The molecule has 1 atom stereocenters. The zero-order chi connectivity index (χ0) is 12.4. The zero-order valence-corrected chi connectivity index (χ0v) is 10.8. The highest BCUT2D eigenvalue weighted by molar-refractivity contribution is 5.30. The second kappa shape index (κ2) is 5.22. The molecular formula is C14H21N3O. The fourth-order valence-electron chi connectivity index (χ4n) is 3.27. The third kappa shape index (κ3) is 2.34. The van der Waals surface area contributed by atoms with Gasteiger partial charge < -0.3 is 5.32 Å². The van der Waals surface area contributed by atoms with Crippen molar-refractivity contribution in [3.05, 3.63) is 27.2 Å². The lowest BCUT2D eigenvalue weighted by Gasteiger charge is -2.24. The van der Waals surface area contributed by atoms with Gasteiger partial charge in [0.05, 0.1) is 5.69 Å². The van der Waals surface area contributed by atoms with Gasteiger partial charge >= 0.3 is 0 Å². The molecule has 0 bridgehead atoms. The maximum absolute atomic E-state index is 11.8. The van der Waals surface area contributed by atoms with Crippen molar-refractivity contribution < 1.29 is 0 Å². The van der Waals surface area contributed by atoms with Gasteiger partial charge in [-0.1, -0.05) is 0 Å². The first-order chi connectivity index (χ1) is 8.84. The normalized spacial score (nSPS) is 23.7. The van der Waals surface area contributed by atoms with E-state index >= 15 is 0 Å². The van der Waals surface area contributed by atoms with Gasteiger partial charge in [0.2, 0.25) is 0 Å². The number of piperidine rings is 1. The van der Waals surface area contributed by atoms with Gasteiger partial charge in [-0.3, -0.25) is 4.79 Å². The number of aromatic nitrogens is 2. The first-order valence-corrected chi connectivity index (χ1v) is 7.14. The number of hydrogen-bond donors (Lipinski definition) is 2. The summed E-state index contributed by atoms with van der Waals surface area (Å²) in [5, 5.41) is 10.5. The molecule has 1 fully saturated rings. The summed E-state index contributed by atoms with van der Waals surface area (Å²) >= 11 is 0. The maximum atomic E-state index is 11.8. The molecule has 4 nitrogen and oxygen atoms in total. The Morgan fingerprint density at radius 2 is 2.00 bits per heavy atom. The molecule has 0 amide bonds. The number of aromatic amines is 1. The van der Waals surface area contributed by atoms with E-state index in [9.17, 15) is 4.79 Å². The Morgan fingerprint density at radius 3 is 2.78 bits per heavy atom. The quantitative estimate of drug-likeness (QED) is 0.825. The summed E-state index contributed by atoms with van der Waals surface area (Å²) in [5.74, 6) is 0.683. The Kier molecular flexibility index (Phi) is 3.46. The smallest absolute Gasteiger partial charge is 0.267 e. The van der Waals surface area contributed by atoms with E-state index in [1.165, 1.54) is 24.8 Å². The second-order valence-corrected chi connectivity index (χ2v) is 5.58. The van der Waals surface area contributed by atoms with Crippen LogP contribution in [-0.2, 0) is 19.3 Å². The Labute approximate surface area is 107 Å². The summed E-state index contributed by atoms with van der Waals surface area (Å²) < 4.78 is 0. The molecule has 2 aliphatic rings. The van der Waals surface area contributed by atoms with Crippen LogP contribution in [0.3, 0.4) is 0 Å². The van der Waals surface area contributed by atoms with Gasteiger partial charge in [0.25, 0.3) is 5.56 Å². The van der Waals surface area contributed by atoms with E-state index in [0.29, 0.717) is 5.92 Å². The molecule has 1 unspecified atom stereocenters. The van der Waals surface area contributed by atoms with E-state index in [4.69, 9.17) is 0 Å². The lowest BCUT2D eigenvalue weighted by Crippen LogP contribution is -2.32. The fourth-order valence-corrected chi connectivity index (χ4v) is 3.27. The van der Waals surface area contributed by atoms with Crippen LogP contribution in [0.1, 0.15) is 42.5 Å². The molecule has 1 aromatic heterocycles. The monoisotopic (exact) mass is 247 g/mol. The van der Waals surface area contributed by atoms with Crippen molar-refractivity contribution >= 4 is 0 Å². The average molecular weight is 247 g/mol. The third-order valence-corrected chi connectivity index (χ3v) is 4.26. The predicted octanol–water partition coefficient (Wildman–Crippen LogP) is 1.19. The molecule has 3 rings (SSSR count). The van der Waals surface area contributed by atoms with Crippen LogP contribution in [0.15, 0.2) is 4.79 Å². The minimum atomic E-state index is 0.0372. The molecule has 0 spiro atoms. The van der Waals surface area contributed by atoms with Crippen LogP contribution in [0.2, 0.25) is 0 Å². The van der Waals surface area contributed by atoms with Crippen molar-refractivity contribution in [1.82, 2.24) is 15.5 Å². The van der Waals surface area contributed by atoms with Crippen LogP contribution in [0, 0.1) is 5.92 Å². The Balaban J connectivity index is 1.85. The largest absolute Gasteiger partial charge is 0.316 e. The van der Waals surface area contributed by atoms with Crippen LogP contribution in [0.5, 0.6) is 0 Å². The van der Waals surface area contributed by atoms with Gasteiger partial charge in [0.15, 0.2) is 0 Å². The Bertz CT molecular complexity index is 474. The minimum absolute atomic E-state index is 0.0372. The predicted molar refractivity (Wildman–Crippen MR) is 70.8 cm³/mol. The number of fused-ring (bicyclic) bond motifs is 1. The molecule has 1 aliphatic heterocycles. The summed E-state index contributed by atoms with van der Waals surface area (Å²) in [7, 11) is 0. The van der Waals surface area contributed by atoms with Gasteiger partial charge in [-0.25, -0.2) is 5.10 Å². The van der Waals surface area contributed by atoms with Gasteiger partial charge in [0, 0.05) is 5.56 Å². The van der Waals surface area contributed by atoms with Gasteiger partial charge in [-0.05, 0) is 69.5 Å². The molecule has 4 heteroatoms. The van der Waals surface area contributed by atoms with E-state index in [-0.39, 0.29) is 5.56 Å². The molecule has 18 heavy (non-hydrogen) atoms. The molecule has 1 saturated heterocycles. The Hall–Kier alpha value is -1.16. The molecule has 1 aliphatic carbocycles. The summed E-state index contributed by atoms with van der Waals surface area (Å²) in [5.41, 5.74) is 3.46. The first kappa shape index (κ1) is 11.9. The summed E-state index contributed by atoms with van der Waals surface area (Å²) in [6, 6.07) is 0. The van der Waals surface area contributed by atoms with Crippen LogP contribution in [0.25, 0.3) is 0 Å². The molecule has 0 radical (unpaired) electrons. The van der Waals surface area contributed by atoms with Crippen molar-refractivity contribution in [3.63, 3.8) is 0 Å². The molecule has 98 valence electrons. The van der Waals surface area contributed by atoms with Crippen molar-refractivity contribution in [1.29, 1.82) is 0 Å². The van der Waals surface area contributed by atoms with Crippen molar-refractivity contribution in [2.24, 2.45) is 5.92 Å². The molecule has 2 N–H and O–H groups in total. The topological polar surface area (TPSA) is 57.8 Å². The van der Waals surface area contributed by atoms with Crippen LogP contribution in [-0.4, -0.2) is 23.3 Å². The number of nitrogens with one attached hydrogen (secondary N) is 2. The van der Waals surface area contributed by atoms with Gasteiger partial charge in [-0.15, -0.1) is 0 Å². The molecule has 2 heterocycles. The lowest BCUT2D eigenvalue weighted by atomic mass is 9.87. The van der Waals surface area contributed by atoms with E-state index in [2.05, 4.69) is 15.5 Å². The van der Waals surface area contributed by atoms with Gasteiger partial charge in [-0.2, -0.15) is 5.10 Å². The highest BCUT2D eigenvalue weighted by Gasteiger charge is 2.21. The minimum Gasteiger partial charge on any atom is -0.316 e. The maximum Gasteiger partial charge on any atom is 0.267 e. The summed E-state index contributed by atoms with van der Waals surface area (Å²) in [4.78, 5) is 11.8. The van der Waals surface area contributed by atoms with Crippen LogP contribution >= 0.6 is 0 Å². The van der Waals surface area contributed by atoms with Crippen molar-refractivity contribution in [3.8, 4) is 0 Å². The molecular weight excluding hydrogens is 226 g/mol. The van der Waals surface area contributed by atoms with Crippen molar-refractivity contribution in [2.45, 2.75) is 44.9 Å². The average Bonchev–Trinajstić information content (AvgIpc) is 2.44. The standard InChI is InChI=1S/C14H21N3O/c18-14-12-6-2-1-5-11(12)13(16-17-14)8-10-4-3-7-15-9-10/h10,15H,1-9H2,(H,17,18). The van der Waals surface area contributed by atoms with E-state index in [0.717, 1.165) is 50.0 Å². The number of H-pyrrole nitrogens is 1. The third-order valence-electron chi connectivity index (χ3n) is 4.26. The highest BCUT2D eigenvalue weighted by Crippen LogP contribution is 2.23. The van der Waals surface area contributed by atoms with Gasteiger partial charge in [0.1, 0.15) is 0 Å². The first-order valence-electron chi connectivity index (χ1n) is 7.14.